The lowest BCUT2D eigenvalue weighted by Crippen LogP contribution is -2.91. The molecule has 1 amide bonds. The second-order valence-corrected chi connectivity index (χ2v) is 8.16. The molecule has 1 heterocycles. The van der Waals surface area contributed by atoms with Crippen LogP contribution in [-0.2, 0) is 17.6 Å². The Hall–Kier alpha value is -2.16. The minimum Gasteiger partial charge on any atom is -0.330 e. The number of nitriles is 1. The van der Waals surface area contributed by atoms with Gasteiger partial charge in [0.25, 0.3) is 5.91 Å². The lowest BCUT2D eigenvalue weighted by atomic mass is 10.1. The first-order chi connectivity index (χ1) is 12.6. The lowest BCUT2D eigenvalue weighted by molar-refractivity contribution is -0.709. The molecular formula is C21H26N3OS+. The Morgan fingerprint density at radius 2 is 1.92 bits per heavy atom. The Balaban J connectivity index is 1.69. The molecular weight excluding hydrogens is 342 g/mol. The van der Waals surface area contributed by atoms with Crippen molar-refractivity contribution in [1.29, 1.82) is 5.26 Å². The zero-order valence-corrected chi connectivity index (χ0v) is 16.2. The molecule has 1 aromatic heterocycles. The van der Waals surface area contributed by atoms with Crippen molar-refractivity contribution in [1.82, 2.24) is 0 Å². The molecule has 0 radical (unpaired) electrons. The normalized spacial score (nSPS) is 16.0. The van der Waals surface area contributed by atoms with Gasteiger partial charge in [0.1, 0.15) is 17.1 Å². The zero-order valence-electron chi connectivity index (χ0n) is 15.4. The number of fused-ring (bicyclic) bond motifs is 1. The third-order valence-corrected chi connectivity index (χ3v) is 6.29. The van der Waals surface area contributed by atoms with Crippen LogP contribution in [0, 0.1) is 11.3 Å². The molecule has 0 unspecified atom stereocenters. The highest BCUT2D eigenvalue weighted by atomic mass is 32.1. The van der Waals surface area contributed by atoms with Gasteiger partial charge in [-0.05, 0) is 45.1 Å². The maximum Gasteiger partial charge on any atom is 0.282 e. The number of nitrogens with zero attached hydrogens (tertiary/aromatic N) is 1. The fraction of sp³-hybridized carbons (Fsp3) is 0.429. The van der Waals surface area contributed by atoms with Gasteiger partial charge in [0.2, 0.25) is 0 Å². The Morgan fingerprint density at radius 1 is 1.19 bits per heavy atom. The molecule has 2 atom stereocenters. The van der Waals surface area contributed by atoms with E-state index in [1.54, 1.807) is 11.3 Å². The van der Waals surface area contributed by atoms with Gasteiger partial charge in [-0.3, -0.25) is 4.79 Å². The first kappa shape index (κ1) is 18.6. The van der Waals surface area contributed by atoms with Crippen molar-refractivity contribution in [3.05, 3.63) is 51.9 Å². The summed E-state index contributed by atoms with van der Waals surface area (Å²) in [5, 5.41) is 15.4. The van der Waals surface area contributed by atoms with E-state index in [1.807, 2.05) is 25.1 Å². The molecule has 0 bridgehead atoms. The van der Waals surface area contributed by atoms with Crippen LogP contribution in [0.3, 0.4) is 0 Å². The predicted octanol–water partition coefficient (Wildman–Crippen LogP) is 3.54. The summed E-state index contributed by atoms with van der Waals surface area (Å²) in [5.41, 5.74) is 3.05. The van der Waals surface area contributed by atoms with Gasteiger partial charge >= 0.3 is 0 Å². The molecule has 26 heavy (non-hydrogen) atoms. The van der Waals surface area contributed by atoms with Crippen LogP contribution in [0.5, 0.6) is 0 Å². The quantitative estimate of drug-likeness (QED) is 0.793. The van der Waals surface area contributed by atoms with E-state index >= 15 is 0 Å². The summed E-state index contributed by atoms with van der Waals surface area (Å²) in [7, 11) is 0. The number of hydrogen-bond acceptors (Lipinski definition) is 3. The average molecular weight is 369 g/mol. The summed E-state index contributed by atoms with van der Waals surface area (Å²) < 4.78 is 0. The van der Waals surface area contributed by atoms with Crippen molar-refractivity contribution < 1.29 is 10.1 Å². The second kappa shape index (κ2) is 8.48. The zero-order chi connectivity index (χ0) is 18.5. The van der Waals surface area contributed by atoms with Crippen LogP contribution in [0.1, 0.15) is 60.7 Å². The fourth-order valence-corrected chi connectivity index (χ4v) is 4.81. The van der Waals surface area contributed by atoms with Crippen LogP contribution in [0.15, 0.2) is 30.3 Å². The van der Waals surface area contributed by atoms with E-state index in [-0.39, 0.29) is 18.0 Å². The van der Waals surface area contributed by atoms with Gasteiger partial charge in [-0.25, -0.2) is 0 Å². The number of hydrogen-bond donors (Lipinski definition) is 2. The number of nitrogens with one attached hydrogen (secondary N) is 1. The molecule has 2 aromatic rings. The molecule has 0 saturated carbocycles. The number of anilines is 1. The SMILES string of the molecule is C[C@H]([NH2+][C@H](C)C(=O)Nc1sc2c(c1C#N)CCCCC2)c1ccccc1. The predicted molar refractivity (Wildman–Crippen MR) is 105 cm³/mol. The highest BCUT2D eigenvalue weighted by Gasteiger charge is 2.25. The number of benzene rings is 1. The first-order valence-corrected chi connectivity index (χ1v) is 10.2. The van der Waals surface area contributed by atoms with Crippen molar-refractivity contribution in [3.8, 4) is 6.07 Å². The molecule has 1 aliphatic rings. The Kier molecular flexibility index (Phi) is 6.08. The van der Waals surface area contributed by atoms with E-state index in [9.17, 15) is 10.1 Å². The van der Waals surface area contributed by atoms with E-state index < -0.39 is 0 Å². The van der Waals surface area contributed by atoms with Gasteiger partial charge in [-0.2, -0.15) is 5.26 Å². The standard InChI is InChI=1S/C21H25N3OS/c1-14(16-9-5-3-6-10-16)23-15(2)20(25)24-21-18(13-22)17-11-7-4-8-12-19(17)26-21/h3,5-6,9-10,14-15,23H,4,7-8,11-12H2,1-2H3,(H,24,25)/p+1/t14-,15+/m0/s1. The minimum atomic E-state index is -0.223. The van der Waals surface area contributed by atoms with Crippen molar-refractivity contribution in [3.63, 3.8) is 0 Å². The first-order valence-electron chi connectivity index (χ1n) is 9.35. The van der Waals surface area contributed by atoms with E-state index in [2.05, 4.69) is 35.8 Å². The van der Waals surface area contributed by atoms with Crippen LogP contribution in [-0.4, -0.2) is 11.9 Å². The van der Waals surface area contributed by atoms with Crippen LogP contribution in [0.4, 0.5) is 5.00 Å². The van der Waals surface area contributed by atoms with E-state index in [4.69, 9.17) is 0 Å². The monoisotopic (exact) mass is 368 g/mol. The Bertz CT molecular complexity index is 807. The Morgan fingerprint density at radius 3 is 2.65 bits per heavy atom. The summed E-state index contributed by atoms with van der Waals surface area (Å²) in [5.74, 6) is -0.0410. The Labute approximate surface area is 159 Å². The molecule has 0 aliphatic heterocycles. The highest BCUT2D eigenvalue weighted by Crippen LogP contribution is 2.36. The van der Waals surface area contributed by atoms with Crippen molar-refractivity contribution in [2.75, 3.05) is 5.32 Å². The number of thiophene rings is 1. The van der Waals surface area contributed by atoms with E-state index in [0.29, 0.717) is 5.56 Å². The van der Waals surface area contributed by atoms with Crippen LogP contribution < -0.4 is 10.6 Å². The minimum absolute atomic E-state index is 0.0410. The average Bonchev–Trinajstić information content (AvgIpc) is 2.81. The number of quaternary nitrogens is 1. The molecule has 4 nitrogen and oxygen atoms in total. The number of amides is 1. The molecule has 1 aliphatic carbocycles. The van der Waals surface area contributed by atoms with Gasteiger partial charge in [-0.1, -0.05) is 36.8 Å². The third-order valence-electron chi connectivity index (χ3n) is 5.09. The number of nitrogens with two attached hydrogens (primary N) is 1. The summed E-state index contributed by atoms with van der Waals surface area (Å²) in [6.07, 6.45) is 5.50. The molecule has 0 saturated heterocycles. The van der Waals surface area contributed by atoms with Crippen molar-refractivity contribution in [2.45, 2.75) is 58.0 Å². The fourth-order valence-electron chi connectivity index (χ4n) is 3.56. The number of carbonyl (C=O) groups is 1. The van der Waals surface area contributed by atoms with Gasteiger partial charge in [0.15, 0.2) is 6.04 Å². The van der Waals surface area contributed by atoms with Gasteiger partial charge < -0.3 is 10.6 Å². The second-order valence-electron chi connectivity index (χ2n) is 7.05. The summed E-state index contributed by atoms with van der Waals surface area (Å²) in [6.45, 7) is 4.02. The van der Waals surface area contributed by atoms with Crippen LogP contribution in [0.25, 0.3) is 0 Å². The molecule has 1 aromatic carbocycles. The molecule has 3 rings (SSSR count). The van der Waals surface area contributed by atoms with Gasteiger partial charge in [0, 0.05) is 10.4 Å². The third kappa shape index (κ3) is 4.14. The van der Waals surface area contributed by atoms with Crippen LogP contribution in [0.2, 0.25) is 0 Å². The largest absolute Gasteiger partial charge is 0.330 e. The maximum absolute atomic E-state index is 12.7. The topological polar surface area (TPSA) is 69.5 Å². The highest BCUT2D eigenvalue weighted by molar-refractivity contribution is 7.16. The summed E-state index contributed by atoms with van der Waals surface area (Å²) in [6, 6.07) is 12.5. The number of rotatable bonds is 5. The van der Waals surface area contributed by atoms with Crippen molar-refractivity contribution >= 4 is 22.2 Å². The molecule has 3 N–H and O–H groups in total. The number of carbonyl (C=O) groups excluding carboxylic acids is 1. The molecule has 5 heteroatoms. The molecule has 0 fully saturated rings. The van der Waals surface area contributed by atoms with E-state index in [1.165, 1.54) is 28.8 Å². The van der Waals surface area contributed by atoms with Gasteiger partial charge in [0.05, 0.1) is 5.56 Å². The number of aryl methyl sites for hydroxylation is 1. The smallest absolute Gasteiger partial charge is 0.282 e. The summed E-state index contributed by atoms with van der Waals surface area (Å²) >= 11 is 1.59. The lowest BCUT2D eigenvalue weighted by Gasteiger charge is -2.16. The summed E-state index contributed by atoms with van der Waals surface area (Å²) in [4.78, 5) is 14.0. The molecule has 0 spiro atoms. The van der Waals surface area contributed by atoms with Crippen LogP contribution >= 0.6 is 11.3 Å². The van der Waals surface area contributed by atoms with E-state index in [0.717, 1.165) is 24.3 Å². The van der Waals surface area contributed by atoms with Gasteiger partial charge in [-0.15, -0.1) is 11.3 Å². The maximum atomic E-state index is 12.7. The van der Waals surface area contributed by atoms with Crippen molar-refractivity contribution in [2.24, 2.45) is 0 Å². The molecule has 136 valence electrons.